The molecule has 0 atom stereocenters. The molecule has 0 aliphatic rings. The maximum Gasteiger partial charge on any atom is 0.344 e. The fraction of sp³-hybridized carbons (Fsp3) is 0.188. The summed E-state index contributed by atoms with van der Waals surface area (Å²) in [4.78, 5) is 20.8. The van der Waals surface area contributed by atoms with E-state index >= 15 is 0 Å². The third-order valence-corrected chi connectivity index (χ3v) is 4.45. The van der Waals surface area contributed by atoms with E-state index in [4.69, 9.17) is 21.1 Å². The minimum Gasteiger partial charge on any atom is -0.465 e. The van der Waals surface area contributed by atoms with Crippen molar-refractivity contribution in [3.8, 4) is 16.3 Å². The first kappa shape index (κ1) is 15.7. The van der Waals surface area contributed by atoms with E-state index in [1.807, 2.05) is 30.3 Å². The molecule has 2 aromatic heterocycles. The molecule has 5 nitrogen and oxygen atoms in total. The highest BCUT2D eigenvalue weighted by atomic mass is 35.5. The van der Waals surface area contributed by atoms with E-state index in [0.717, 1.165) is 20.7 Å². The zero-order chi connectivity index (χ0) is 16.2. The molecule has 1 aromatic carbocycles. The Morgan fingerprint density at radius 3 is 2.78 bits per heavy atom. The third-order valence-electron chi connectivity index (χ3n) is 3.04. The monoisotopic (exact) mass is 348 g/mol. The molecule has 0 fully saturated rings. The zero-order valence-electron chi connectivity index (χ0n) is 12.3. The Hall–Kier alpha value is -2.18. The van der Waals surface area contributed by atoms with Gasteiger partial charge >= 0.3 is 5.97 Å². The highest BCUT2D eigenvalue weighted by Gasteiger charge is 2.13. The molecule has 0 saturated heterocycles. The number of carbonyl (C=O) groups excluding carboxylic acids is 1. The van der Waals surface area contributed by atoms with Crippen LogP contribution in [0.2, 0.25) is 5.02 Å². The Morgan fingerprint density at radius 2 is 2.04 bits per heavy atom. The number of hydrogen-bond acceptors (Lipinski definition) is 6. The topological polar surface area (TPSA) is 61.3 Å². The second-order valence-corrected chi connectivity index (χ2v) is 6.09. The predicted molar refractivity (Wildman–Crippen MR) is 90.0 cm³/mol. The molecule has 0 spiro atoms. The van der Waals surface area contributed by atoms with Crippen molar-refractivity contribution in [1.29, 1.82) is 0 Å². The number of carbonyl (C=O) groups is 1. The average Bonchev–Trinajstić information content (AvgIpc) is 2.98. The Labute approximate surface area is 141 Å². The quantitative estimate of drug-likeness (QED) is 0.653. The van der Waals surface area contributed by atoms with Crippen LogP contribution in [0.5, 0.6) is 5.88 Å². The van der Waals surface area contributed by atoms with Crippen LogP contribution in [0.15, 0.2) is 36.7 Å². The number of ether oxygens (including phenoxy) is 2. The molecule has 2 heterocycles. The number of aromatic nitrogens is 2. The predicted octanol–water partition coefficient (Wildman–Crippen LogP) is 3.95. The van der Waals surface area contributed by atoms with Crippen LogP contribution < -0.4 is 4.74 Å². The van der Waals surface area contributed by atoms with Crippen LogP contribution in [-0.4, -0.2) is 29.2 Å². The molecule has 23 heavy (non-hydrogen) atoms. The second kappa shape index (κ2) is 6.93. The lowest BCUT2D eigenvalue weighted by atomic mass is 10.2. The normalized spacial score (nSPS) is 10.7. The molecule has 0 unspecified atom stereocenters. The summed E-state index contributed by atoms with van der Waals surface area (Å²) >= 11 is 7.42. The fourth-order valence-electron chi connectivity index (χ4n) is 2.02. The molecule has 0 amide bonds. The van der Waals surface area contributed by atoms with Crippen LogP contribution in [0.1, 0.15) is 6.92 Å². The summed E-state index contributed by atoms with van der Waals surface area (Å²) in [5.74, 6) is -0.0398. The molecule has 7 heteroatoms. The lowest BCUT2D eigenvalue weighted by Gasteiger charge is -2.04. The zero-order valence-corrected chi connectivity index (χ0v) is 13.9. The van der Waals surface area contributed by atoms with Crippen LogP contribution in [-0.2, 0) is 9.53 Å². The molecule has 0 bridgehead atoms. The molecule has 0 saturated carbocycles. The molecule has 118 valence electrons. The summed E-state index contributed by atoms with van der Waals surface area (Å²) in [7, 11) is 0. The standard InChI is InChI=1S/C16H13ClN2O3S/c1-2-21-14(20)8-22-16-15-12(18-9-19-16)7-13(23-15)10-3-5-11(17)6-4-10/h3-7,9H,2,8H2,1H3. The van der Waals surface area contributed by atoms with Crippen molar-refractivity contribution >= 4 is 39.1 Å². The van der Waals surface area contributed by atoms with Crippen LogP contribution in [0.25, 0.3) is 20.7 Å². The Morgan fingerprint density at radius 1 is 1.26 bits per heavy atom. The fourth-order valence-corrected chi connectivity index (χ4v) is 3.21. The first-order valence-corrected chi connectivity index (χ1v) is 8.15. The van der Waals surface area contributed by atoms with E-state index < -0.39 is 5.97 Å². The average molecular weight is 349 g/mol. The Kier molecular flexibility index (Phi) is 4.73. The first-order valence-electron chi connectivity index (χ1n) is 6.96. The molecule has 0 aliphatic heterocycles. The van der Waals surface area contributed by atoms with Crippen molar-refractivity contribution < 1.29 is 14.3 Å². The van der Waals surface area contributed by atoms with Gasteiger partial charge in [-0.3, -0.25) is 0 Å². The Balaban J connectivity index is 1.89. The number of fused-ring (bicyclic) bond motifs is 1. The number of rotatable bonds is 5. The van der Waals surface area contributed by atoms with Crippen molar-refractivity contribution in [3.05, 3.63) is 41.7 Å². The molecule has 3 aromatic rings. The maximum atomic E-state index is 11.4. The molecule has 0 aliphatic carbocycles. The van der Waals surface area contributed by atoms with E-state index in [0.29, 0.717) is 17.5 Å². The molecule has 3 rings (SSSR count). The molecule has 0 N–H and O–H groups in total. The van der Waals surface area contributed by atoms with Gasteiger partial charge in [0, 0.05) is 9.90 Å². The van der Waals surface area contributed by atoms with Crippen LogP contribution in [0.3, 0.4) is 0 Å². The highest BCUT2D eigenvalue weighted by Crippen LogP contribution is 2.36. The van der Waals surface area contributed by atoms with E-state index in [-0.39, 0.29) is 6.61 Å². The van der Waals surface area contributed by atoms with E-state index in [1.165, 1.54) is 17.7 Å². The number of benzene rings is 1. The molecular weight excluding hydrogens is 336 g/mol. The summed E-state index contributed by atoms with van der Waals surface area (Å²) in [6.07, 6.45) is 1.42. The summed E-state index contributed by atoms with van der Waals surface area (Å²) in [5, 5.41) is 0.688. The number of thiophene rings is 1. The first-order chi connectivity index (χ1) is 11.2. The van der Waals surface area contributed by atoms with Gasteiger partial charge in [-0.1, -0.05) is 23.7 Å². The van der Waals surface area contributed by atoms with Gasteiger partial charge in [0.05, 0.1) is 12.1 Å². The van der Waals surface area contributed by atoms with Gasteiger partial charge < -0.3 is 9.47 Å². The summed E-state index contributed by atoms with van der Waals surface area (Å²) in [6, 6.07) is 9.53. The SMILES string of the molecule is CCOC(=O)COc1ncnc2cc(-c3ccc(Cl)cc3)sc12. The lowest BCUT2D eigenvalue weighted by molar-refractivity contribution is -0.145. The van der Waals surface area contributed by atoms with E-state index in [1.54, 1.807) is 6.92 Å². The highest BCUT2D eigenvalue weighted by molar-refractivity contribution is 7.22. The van der Waals surface area contributed by atoms with Crippen molar-refractivity contribution in [1.82, 2.24) is 9.97 Å². The van der Waals surface area contributed by atoms with Crippen LogP contribution in [0.4, 0.5) is 0 Å². The van der Waals surface area contributed by atoms with Gasteiger partial charge in [-0.2, -0.15) is 0 Å². The van der Waals surface area contributed by atoms with Crippen molar-refractivity contribution in [3.63, 3.8) is 0 Å². The van der Waals surface area contributed by atoms with Crippen molar-refractivity contribution in [2.45, 2.75) is 6.92 Å². The van der Waals surface area contributed by atoms with Crippen molar-refractivity contribution in [2.75, 3.05) is 13.2 Å². The largest absolute Gasteiger partial charge is 0.465 e. The smallest absolute Gasteiger partial charge is 0.344 e. The number of hydrogen-bond donors (Lipinski definition) is 0. The minimum absolute atomic E-state index is 0.172. The van der Waals surface area contributed by atoms with Gasteiger partial charge in [-0.15, -0.1) is 11.3 Å². The maximum absolute atomic E-state index is 11.4. The second-order valence-electron chi connectivity index (χ2n) is 4.60. The number of nitrogens with zero attached hydrogens (tertiary/aromatic N) is 2. The van der Waals surface area contributed by atoms with Crippen LogP contribution in [0, 0.1) is 0 Å². The van der Waals surface area contributed by atoms with Gasteiger partial charge in [0.1, 0.15) is 11.0 Å². The number of esters is 1. The summed E-state index contributed by atoms with van der Waals surface area (Å²) in [6.45, 7) is 1.90. The van der Waals surface area contributed by atoms with Crippen molar-refractivity contribution in [2.24, 2.45) is 0 Å². The van der Waals surface area contributed by atoms with Gasteiger partial charge in [0.25, 0.3) is 0 Å². The minimum atomic E-state index is -0.422. The van der Waals surface area contributed by atoms with Gasteiger partial charge in [0.2, 0.25) is 5.88 Å². The summed E-state index contributed by atoms with van der Waals surface area (Å²) in [5.41, 5.74) is 1.81. The van der Waals surface area contributed by atoms with Gasteiger partial charge in [0.15, 0.2) is 6.61 Å². The van der Waals surface area contributed by atoms with E-state index in [9.17, 15) is 4.79 Å². The lowest BCUT2D eigenvalue weighted by Crippen LogP contribution is -2.15. The Bertz CT molecular complexity index is 833. The molecular formula is C16H13ClN2O3S. The molecule has 0 radical (unpaired) electrons. The number of halogens is 1. The third kappa shape index (κ3) is 3.60. The van der Waals surface area contributed by atoms with Gasteiger partial charge in [-0.05, 0) is 30.7 Å². The van der Waals surface area contributed by atoms with Gasteiger partial charge in [-0.25, -0.2) is 14.8 Å². The van der Waals surface area contributed by atoms with E-state index in [2.05, 4.69) is 9.97 Å². The van der Waals surface area contributed by atoms with Crippen LogP contribution >= 0.6 is 22.9 Å². The summed E-state index contributed by atoms with van der Waals surface area (Å²) < 4.78 is 11.1.